The second-order valence-electron chi connectivity index (χ2n) is 5.07. The number of esters is 1. The van der Waals surface area contributed by atoms with Crippen molar-refractivity contribution in [1.82, 2.24) is 4.90 Å². The Morgan fingerprint density at radius 2 is 2.17 bits per heavy atom. The summed E-state index contributed by atoms with van der Waals surface area (Å²) in [5, 5.41) is 0. The van der Waals surface area contributed by atoms with Gasteiger partial charge in [0.1, 0.15) is 6.04 Å². The van der Waals surface area contributed by atoms with E-state index < -0.39 is 0 Å². The van der Waals surface area contributed by atoms with E-state index >= 15 is 0 Å². The molecule has 2 rings (SSSR count). The quantitative estimate of drug-likeness (QED) is 0.768. The molecule has 0 bridgehead atoms. The molecule has 0 aliphatic carbocycles. The smallest absolute Gasteiger partial charge is 0.323 e. The monoisotopic (exact) mass is 247 g/mol. The lowest BCUT2D eigenvalue weighted by atomic mass is 10.1. The van der Waals surface area contributed by atoms with Crippen LogP contribution in [-0.2, 0) is 16.1 Å². The van der Waals surface area contributed by atoms with Gasteiger partial charge in [-0.15, -0.1) is 0 Å². The molecule has 1 heterocycles. The number of rotatable bonds is 3. The highest BCUT2D eigenvalue weighted by Gasteiger charge is 2.31. The van der Waals surface area contributed by atoms with Crippen LogP contribution in [0.3, 0.4) is 0 Å². The zero-order valence-corrected chi connectivity index (χ0v) is 11.4. The van der Waals surface area contributed by atoms with Crippen LogP contribution in [-0.4, -0.2) is 30.6 Å². The molecule has 0 spiro atoms. The maximum Gasteiger partial charge on any atom is 0.323 e. The molecule has 0 radical (unpaired) electrons. The highest BCUT2D eigenvalue weighted by Crippen LogP contribution is 2.21. The van der Waals surface area contributed by atoms with Crippen molar-refractivity contribution in [1.29, 1.82) is 0 Å². The second-order valence-corrected chi connectivity index (χ2v) is 5.07. The maximum atomic E-state index is 11.7. The summed E-state index contributed by atoms with van der Waals surface area (Å²) in [6.07, 6.45) is 1.99. The van der Waals surface area contributed by atoms with Crippen molar-refractivity contribution < 1.29 is 9.53 Å². The highest BCUT2D eigenvalue weighted by atomic mass is 16.5. The second kappa shape index (κ2) is 5.53. The number of carbonyl (C=O) groups excluding carboxylic acids is 1. The number of likely N-dealkylation sites (tertiary alicyclic amines) is 1. The molecule has 18 heavy (non-hydrogen) atoms. The van der Waals surface area contributed by atoms with Gasteiger partial charge in [-0.1, -0.05) is 18.2 Å². The van der Waals surface area contributed by atoms with Crippen molar-refractivity contribution in [2.75, 3.05) is 13.7 Å². The molecule has 1 aromatic rings. The van der Waals surface area contributed by atoms with Gasteiger partial charge in [0.15, 0.2) is 0 Å². The summed E-state index contributed by atoms with van der Waals surface area (Å²) in [6, 6.07) is 6.45. The summed E-state index contributed by atoms with van der Waals surface area (Å²) in [5.41, 5.74) is 3.89. The van der Waals surface area contributed by atoms with Crippen LogP contribution in [0.25, 0.3) is 0 Å². The number of carbonyl (C=O) groups is 1. The van der Waals surface area contributed by atoms with Gasteiger partial charge in [0.05, 0.1) is 7.11 Å². The molecule has 1 unspecified atom stereocenters. The molecule has 1 saturated heterocycles. The maximum absolute atomic E-state index is 11.7. The van der Waals surface area contributed by atoms with Gasteiger partial charge in [0, 0.05) is 6.54 Å². The van der Waals surface area contributed by atoms with Gasteiger partial charge in [0.25, 0.3) is 0 Å². The molecule has 1 fully saturated rings. The van der Waals surface area contributed by atoms with Crippen molar-refractivity contribution in [2.24, 2.45) is 0 Å². The molecule has 1 aliphatic heterocycles. The van der Waals surface area contributed by atoms with Crippen molar-refractivity contribution in [3.63, 3.8) is 0 Å². The Kier molecular flexibility index (Phi) is 4.02. The first kappa shape index (κ1) is 13.1. The topological polar surface area (TPSA) is 29.5 Å². The number of hydrogen-bond acceptors (Lipinski definition) is 3. The van der Waals surface area contributed by atoms with Gasteiger partial charge in [0.2, 0.25) is 0 Å². The van der Waals surface area contributed by atoms with Crippen LogP contribution in [0.2, 0.25) is 0 Å². The summed E-state index contributed by atoms with van der Waals surface area (Å²) in [7, 11) is 1.47. The third-order valence-electron chi connectivity index (χ3n) is 3.79. The highest BCUT2D eigenvalue weighted by molar-refractivity contribution is 5.75. The van der Waals surface area contributed by atoms with E-state index in [9.17, 15) is 4.79 Å². The summed E-state index contributed by atoms with van der Waals surface area (Å²) in [6.45, 7) is 6.06. The van der Waals surface area contributed by atoms with Gasteiger partial charge < -0.3 is 4.74 Å². The molecular weight excluding hydrogens is 226 g/mol. The Hall–Kier alpha value is -1.35. The number of nitrogens with zero attached hydrogens (tertiary/aromatic N) is 1. The average Bonchev–Trinajstić information content (AvgIpc) is 2.81. The van der Waals surface area contributed by atoms with Crippen LogP contribution >= 0.6 is 0 Å². The normalized spacial score (nSPS) is 20.1. The molecule has 1 aliphatic rings. The lowest BCUT2D eigenvalue weighted by Crippen LogP contribution is -2.36. The number of benzene rings is 1. The Morgan fingerprint density at radius 3 is 2.83 bits per heavy atom. The van der Waals surface area contributed by atoms with Gasteiger partial charge in [-0.2, -0.15) is 0 Å². The largest absolute Gasteiger partial charge is 0.468 e. The SMILES string of the molecule is COC(=O)C1CCCN1Cc1ccc(C)c(C)c1. The Balaban J connectivity index is 2.08. The van der Waals surface area contributed by atoms with Crippen LogP contribution in [0.5, 0.6) is 0 Å². The molecule has 1 aromatic carbocycles. The fourth-order valence-corrected chi connectivity index (χ4v) is 2.55. The first-order valence-corrected chi connectivity index (χ1v) is 6.50. The van der Waals surface area contributed by atoms with E-state index in [-0.39, 0.29) is 12.0 Å². The van der Waals surface area contributed by atoms with Crippen molar-refractivity contribution in [3.8, 4) is 0 Å². The van der Waals surface area contributed by atoms with E-state index in [1.165, 1.54) is 23.8 Å². The Bertz CT molecular complexity index is 442. The van der Waals surface area contributed by atoms with Gasteiger partial charge in [-0.3, -0.25) is 9.69 Å². The number of hydrogen-bond donors (Lipinski definition) is 0. The zero-order valence-electron chi connectivity index (χ0n) is 11.4. The standard InChI is InChI=1S/C15H21NO2/c1-11-6-7-13(9-12(11)2)10-16-8-4-5-14(16)15(17)18-3/h6-7,9,14H,4-5,8,10H2,1-3H3. The molecule has 3 nitrogen and oxygen atoms in total. The van der Waals surface area contributed by atoms with Crippen molar-refractivity contribution in [2.45, 2.75) is 39.3 Å². The summed E-state index contributed by atoms with van der Waals surface area (Å²) >= 11 is 0. The van der Waals surface area contributed by atoms with E-state index in [0.29, 0.717) is 0 Å². The predicted octanol–water partition coefficient (Wildman–Crippen LogP) is 2.44. The molecule has 0 saturated carbocycles. The minimum atomic E-state index is -0.101. The summed E-state index contributed by atoms with van der Waals surface area (Å²) in [5.74, 6) is -0.101. The first-order valence-electron chi connectivity index (χ1n) is 6.50. The number of aryl methyl sites for hydroxylation is 2. The Morgan fingerprint density at radius 1 is 1.39 bits per heavy atom. The Labute approximate surface area is 109 Å². The van der Waals surface area contributed by atoms with E-state index in [0.717, 1.165) is 25.9 Å². The molecule has 3 heteroatoms. The van der Waals surface area contributed by atoms with Crippen LogP contribution in [0.1, 0.15) is 29.5 Å². The lowest BCUT2D eigenvalue weighted by Gasteiger charge is -2.22. The van der Waals surface area contributed by atoms with Crippen LogP contribution in [0.4, 0.5) is 0 Å². The van der Waals surface area contributed by atoms with E-state index in [4.69, 9.17) is 4.74 Å². The molecule has 0 amide bonds. The third-order valence-corrected chi connectivity index (χ3v) is 3.79. The number of ether oxygens (including phenoxy) is 1. The van der Waals surface area contributed by atoms with Crippen LogP contribution < -0.4 is 0 Å². The fraction of sp³-hybridized carbons (Fsp3) is 0.533. The minimum Gasteiger partial charge on any atom is -0.468 e. The van der Waals surface area contributed by atoms with Gasteiger partial charge in [-0.25, -0.2) is 0 Å². The summed E-state index contributed by atoms with van der Waals surface area (Å²) in [4.78, 5) is 13.9. The van der Waals surface area contributed by atoms with Crippen molar-refractivity contribution >= 4 is 5.97 Å². The average molecular weight is 247 g/mol. The van der Waals surface area contributed by atoms with Gasteiger partial charge >= 0.3 is 5.97 Å². The summed E-state index contributed by atoms with van der Waals surface area (Å²) < 4.78 is 4.86. The van der Waals surface area contributed by atoms with Crippen LogP contribution in [0.15, 0.2) is 18.2 Å². The minimum absolute atomic E-state index is 0.0587. The molecule has 1 atom stereocenters. The lowest BCUT2D eigenvalue weighted by molar-refractivity contribution is -0.146. The van der Waals surface area contributed by atoms with Crippen LogP contribution in [0, 0.1) is 13.8 Å². The molecule has 0 aromatic heterocycles. The third kappa shape index (κ3) is 2.72. The fourth-order valence-electron chi connectivity index (χ4n) is 2.55. The van der Waals surface area contributed by atoms with E-state index in [1.807, 2.05) is 0 Å². The van der Waals surface area contributed by atoms with E-state index in [1.54, 1.807) is 0 Å². The number of methoxy groups -OCH3 is 1. The van der Waals surface area contributed by atoms with Gasteiger partial charge in [-0.05, 0) is 49.9 Å². The molecule has 0 N–H and O–H groups in total. The predicted molar refractivity (Wildman–Crippen MR) is 71.4 cm³/mol. The molecule has 98 valence electrons. The van der Waals surface area contributed by atoms with E-state index in [2.05, 4.69) is 36.9 Å². The first-order chi connectivity index (χ1) is 8.61. The van der Waals surface area contributed by atoms with Crippen molar-refractivity contribution in [3.05, 3.63) is 34.9 Å². The molecular formula is C15H21NO2. The zero-order chi connectivity index (χ0) is 13.1.